The number of halogens is 1. The van der Waals surface area contributed by atoms with Crippen LogP contribution in [0.2, 0.25) is 5.02 Å². The molecule has 0 spiro atoms. The van der Waals surface area contributed by atoms with E-state index in [-0.39, 0.29) is 24.1 Å². The predicted octanol–water partition coefficient (Wildman–Crippen LogP) is 3.27. The standard InChI is InChI=1S/C21H22ClN3O3/c1-4-24-20(27)17-11-10-16(22)12-18(17)25(21(24)28)14(3)19(26)23-13(2)15-8-6-5-7-9-15/h5-14H,4H2,1-3H3,(H,23,26)/t13-,14-/m0/s1. The van der Waals surface area contributed by atoms with Crippen LogP contribution in [-0.4, -0.2) is 15.0 Å². The van der Waals surface area contributed by atoms with Crippen molar-refractivity contribution in [3.05, 3.63) is 80.0 Å². The van der Waals surface area contributed by atoms with Crippen LogP contribution in [-0.2, 0) is 11.3 Å². The maximum atomic E-state index is 13.0. The third kappa shape index (κ3) is 3.60. The molecule has 0 saturated heterocycles. The summed E-state index contributed by atoms with van der Waals surface area (Å²) in [7, 11) is 0. The number of amides is 1. The van der Waals surface area contributed by atoms with Gasteiger partial charge in [-0.25, -0.2) is 4.79 Å². The van der Waals surface area contributed by atoms with E-state index in [0.29, 0.717) is 15.9 Å². The molecule has 1 heterocycles. The molecule has 3 aromatic rings. The van der Waals surface area contributed by atoms with Crippen LogP contribution in [0.15, 0.2) is 58.1 Å². The minimum atomic E-state index is -0.821. The highest BCUT2D eigenvalue weighted by molar-refractivity contribution is 6.31. The number of nitrogens with zero attached hydrogens (tertiary/aromatic N) is 2. The van der Waals surface area contributed by atoms with Crippen molar-refractivity contribution in [2.24, 2.45) is 0 Å². The van der Waals surface area contributed by atoms with Crippen LogP contribution >= 0.6 is 11.6 Å². The van der Waals surface area contributed by atoms with E-state index in [1.165, 1.54) is 4.57 Å². The summed E-state index contributed by atoms with van der Waals surface area (Å²) in [6.07, 6.45) is 0. The average molecular weight is 400 g/mol. The lowest BCUT2D eigenvalue weighted by atomic mass is 10.1. The normalized spacial score (nSPS) is 13.3. The summed E-state index contributed by atoms with van der Waals surface area (Å²) in [5.74, 6) is -0.318. The highest BCUT2D eigenvalue weighted by Crippen LogP contribution is 2.20. The van der Waals surface area contributed by atoms with E-state index in [4.69, 9.17) is 11.6 Å². The fourth-order valence-corrected chi connectivity index (χ4v) is 3.45. The number of carbonyl (C=O) groups is 1. The van der Waals surface area contributed by atoms with E-state index >= 15 is 0 Å². The van der Waals surface area contributed by atoms with Crippen molar-refractivity contribution in [2.75, 3.05) is 0 Å². The summed E-state index contributed by atoms with van der Waals surface area (Å²) < 4.78 is 2.46. The Labute approximate surface area is 167 Å². The first kappa shape index (κ1) is 19.9. The smallest absolute Gasteiger partial charge is 0.332 e. The fourth-order valence-electron chi connectivity index (χ4n) is 3.28. The first-order chi connectivity index (χ1) is 13.3. The molecule has 0 aliphatic rings. The van der Waals surface area contributed by atoms with E-state index in [0.717, 1.165) is 10.1 Å². The first-order valence-electron chi connectivity index (χ1n) is 9.15. The summed E-state index contributed by atoms with van der Waals surface area (Å²) in [6.45, 7) is 5.45. The zero-order valence-corrected chi connectivity index (χ0v) is 16.7. The Balaban J connectivity index is 2.07. The number of hydrogen-bond donors (Lipinski definition) is 1. The lowest BCUT2D eigenvalue weighted by Gasteiger charge is -2.22. The van der Waals surface area contributed by atoms with Crippen LogP contribution in [0.4, 0.5) is 0 Å². The Morgan fingerprint density at radius 1 is 1.11 bits per heavy atom. The SMILES string of the molecule is CCn1c(=O)c2ccc(Cl)cc2n([C@@H](C)C(=O)N[C@@H](C)c2ccccc2)c1=O. The molecule has 1 amide bonds. The number of benzene rings is 2. The number of hydrogen-bond acceptors (Lipinski definition) is 3. The van der Waals surface area contributed by atoms with Crippen molar-refractivity contribution >= 4 is 28.4 Å². The fraction of sp³-hybridized carbons (Fsp3) is 0.286. The third-order valence-corrected chi connectivity index (χ3v) is 5.11. The Morgan fingerprint density at radius 2 is 1.79 bits per heavy atom. The summed E-state index contributed by atoms with van der Waals surface area (Å²) in [4.78, 5) is 38.5. The highest BCUT2D eigenvalue weighted by Gasteiger charge is 2.23. The summed E-state index contributed by atoms with van der Waals surface area (Å²) in [5.41, 5.74) is 0.391. The molecule has 0 unspecified atom stereocenters. The molecule has 0 fully saturated rings. The second kappa shape index (κ2) is 8.02. The van der Waals surface area contributed by atoms with Gasteiger partial charge in [-0.2, -0.15) is 0 Å². The molecule has 0 aliphatic carbocycles. The monoisotopic (exact) mass is 399 g/mol. The van der Waals surface area contributed by atoms with E-state index in [2.05, 4.69) is 5.32 Å². The minimum Gasteiger partial charge on any atom is -0.348 e. The number of fused-ring (bicyclic) bond motifs is 1. The van der Waals surface area contributed by atoms with Crippen LogP contribution in [0, 0.1) is 0 Å². The lowest BCUT2D eigenvalue weighted by Crippen LogP contribution is -2.44. The van der Waals surface area contributed by atoms with Crippen molar-refractivity contribution in [1.29, 1.82) is 0 Å². The summed E-state index contributed by atoms with van der Waals surface area (Å²) in [6, 6.07) is 13.2. The van der Waals surface area contributed by atoms with Crippen LogP contribution in [0.3, 0.4) is 0 Å². The van der Waals surface area contributed by atoms with Gasteiger partial charge < -0.3 is 5.32 Å². The van der Waals surface area contributed by atoms with E-state index in [9.17, 15) is 14.4 Å². The molecular weight excluding hydrogens is 378 g/mol. The zero-order valence-electron chi connectivity index (χ0n) is 16.0. The van der Waals surface area contributed by atoms with E-state index in [1.807, 2.05) is 37.3 Å². The molecule has 0 bridgehead atoms. The molecule has 0 aliphatic heterocycles. The Bertz CT molecular complexity index is 1140. The van der Waals surface area contributed by atoms with Crippen molar-refractivity contribution in [1.82, 2.24) is 14.5 Å². The molecule has 7 heteroatoms. The number of nitrogens with one attached hydrogen (secondary N) is 1. The average Bonchev–Trinajstić information content (AvgIpc) is 2.68. The Kier molecular flexibility index (Phi) is 5.70. The van der Waals surface area contributed by atoms with Gasteiger partial charge in [0.2, 0.25) is 5.91 Å². The lowest BCUT2D eigenvalue weighted by molar-refractivity contribution is -0.124. The van der Waals surface area contributed by atoms with Gasteiger partial charge in [0.1, 0.15) is 6.04 Å². The second-order valence-electron chi connectivity index (χ2n) is 6.68. The third-order valence-electron chi connectivity index (χ3n) is 4.87. The molecule has 3 rings (SSSR count). The molecule has 0 saturated carbocycles. The van der Waals surface area contributed by atoms with Gasteiger partial charge in [0.25, 0.3) is 5.56 Å². The predicted molar refractivity (Wildman–Crippen MR) is 111 cm³/mol. The molecular formula is C21H22ClN3O3. The van der Waals surface area contributed by atoms with Gasteiger partial charge in [0.05, 0.1) is 16.9 Å². The van der Waals surface area contributed by atoms with Crippen LogP contribution in [0.25, 0.3) is 10.9 Å². The maximum Gasteiger partial charge on any atom is 0.332 e. The molecule has 1 aromatic heterocycles. The molecule has 0 radical (unpaired) electrons. The van der Waals surface area contributed by atoms with Crippen LogP contribution in [0.5, 0.6) is 0 Å². The van der Waals surface area contributed by atoms with Crippen molar-refractivity contribution in [3.8, 4) is 0 Å². The number of carbonyl (C=O) groups excluding carboxylic acids is 1. The number of rotatable bonds is 5. The van der Waals surface area contributed by atoms with Crippen LogP contribution in [0.1, 0.15) is 38.4 Å². The maximum absolute atomic E-state index is 13.0. The van der Waals surface area contributed by atoms with Crippen molar-refractivity contribution in [3.63, 3.8) is 0 Å². The minimum absolute atomic E-state index is 0.213. The highest BCUT2D eigenvalue weighted by atomic mass is 35.5. The zero-order chi connectivity index (χ0) is 20.4. The molecule has 146 valence electrons. The van der Waals surface area contributed by atoms with Gasteiger partial charge in [-0.15, -0.1) is 0 Å². The first-order valence-corrected chi connectivity index (χ1v) is 9.52. The quantitative estimate of drug-likeness (QED) is 0.715. The summed E-state index contributed by atoms with van der Waals surface area (Å²) >= 11 is 6.09. The van der Waals surface area contributed by atoms with Crippen LogP contribution < -0.4 is 16.6 Å². The van der Waals surface area contributed by atoms with Gasteiger partial charge in [-0.05, 0) is 44.5 Å². The second-order valence-corrected chi connectivity index (χ2v) is 7.12. The molecule has 1 N–H and O–H groups in total. The Morgan fingerprint density at radius 3 is 2.43 bits per heavy atom. The van der Waals surface area contributed by atoms with Gasteiger partial charge >= 0.3 is 5.69 Å². The Hall–Kier alpha value is -2.86. The largest absolute Gasteiger partial charge is 0.348 e. The van der Waals surface area contributed by atoms with Gasteiger partial charge in [0, 0.05) is 11.6 Å². The number of aromatic nitrogens is 2. The van der Waals surface area contributed by atoms with Gasteiger partial charge in [0.15, 0.2) is 0 Å². The van der Waals surface area contributed by atoms with E-state index in [1.54, 1.807) is 32.0 Å². The van der Waals surface area contributed by atoms with Crippen molar-refractivity contribution in [2.45, 2.75) is 39.4 Å². The summed E-state index contributed by atoms with van der Waals surface area (Å²) in [5, 5.41) is 3.67. The topological polar surface area (TPSA) is 73.1 Å². The van der Waals surface area contributed by atoms with Gasteiger partial charge in [-0.3, -0.25) is 18.7 Å². The van der Waals surface area contributed by atoms with Gasteiger partial charge in [-0.1, -0.05) is 41.9 Å². The van der Waals surface area contributed by atoms with E-state index < -0.39 is 11.7 Å². The molecule has 2 aromatic carbocycles. The molecule has 2 atom stereocenters. The molecule has 6 nitrogen and oxygen atoms in total. The van der Waals surface area contributed by atoms with Crippen molar-refractivity contribution < 1.29 is 4.79 Å². The molecule has 28 heavy (non-hydrogen) atoms.